The molecule has 0 spiro atoms. The highest BCUT2D eigenvalue weighted by atomic mass is 32.2. The molecule has 3 aromatic rings. The largest absolute Gasteiger partial charge is 0.317 e. The fourth-order valence-corrected chi connectivity index (χ4v) is 3.89. The predicted octanol–water partition coefficient (Wildman–Crippen LogP) is 3.12. The van der Waals surface area contributed by atoms with Crippen LogP contribution in [0.25, 0.3) is 11.3 Å². The topological polar surface area (TPSA) is 77.5 Å². The Hall–Kier alpha value is -2.22. The van der Waals surface area contributed by atoms with Crippen LogP contribution in [0.2, 0.25) is 0 Å². The first kappa shape index (κ1) is 16.6. The molecule has 0 aliphatic carbocycles. The van der Waals surface area contributed by atoms with Gasteiger partial charge in [-0.25, -0.2) is 18.5 Å². The number of thiazole rings is 1. The Morgan fingerprint density at radius 2 is 1.75 bits per heavy atom. The molecule has 7 heteroatoms. The fourth-order valence-electron chi connectivity index (χ4n) is 2.38. The SMILES string of the molecule is CCn1c(-c2ccccc2)csc1=Nc1ccc(S(N)(=O)=O)cc1. The Labute approximate surface area is 144 Å². The van der Waals surface area contributed by atoms with Gasteiger partial charge in [0.25, 0.3) is 0 Å². The van der Waals surface area contributed by atoms with Gasteiger partial charge >= 0.3 is 0 Å². The summed E-state index contributed by atoms with van der Waals surface area (Å²) in [7, 11) is -3.68. The fraction of sp³-hybridized carbons (Fsp3) is 0.118. The molecule has 0 fully saturated rings. The van der Waals surface area contributed by atoms with Gasteiger partial charge in [-0.1, -0.05) is 30.3 Å². The van der Waals surface area contributed by atoms with Gasteiger partial charge in [-0.2, -0.15) is 0 Å². The summed E-state index contributed by atoms with van der Waals surface area (Å²) in [6, 6.07) is 16.4. The third kappa shape index (κ3) is 3.48. The highest BCUT2D eigenvalue weighted by Gasteiger charge is 2.08. The Bertz CT molecular complexity index is 1000. The molecule has 1 aromatic heterocycles. The molecule has 0 amide bonds. The van der Waals surface area contributed by atoms with Crippen molar-refractivity contribution in [3.63, 3.8) is 0 Å². The Kier molecular flexibility index (Phi) is 4.66. The molecule has 124 valence electrons. The first-order valence-corrected chi connectivity index (χ1v) is 9.83. The average Bonchev–Trinajstić information content (AvgIpc) is 2.98. The van der Waals surface area contributed by atoms with Gasteiger partial charge in [0, 0.05) is 11.9 Å². The number of hydrogen-bond acceptors (Lipinski definition) is 4. The highest BCUT2D eigenvalue weighted by Crippen LogP contribution is 2.21. The second kappa shape index (κ2) is 6.72. The molecular formula is C17H17N3O2S2. The Morgan fingerprint density at radius 3 is 2.33 bits per heavy atom. The maximum Gasteiger partial charge on any atom is 0.238 e. The monoisotopic (exact) mass is 359 g/mol. The summed E-state index contributed by atoms with van der Waals surface area (Å²) in [5.41, 5.74) is 2.94. The summed E-state index contributed by atoms with van der Waals surface area (Å²) in [5.74, 6) is 0. The van der Waals surface area contributed by atoms with E-state index < -0.39 is 10.0 Å². The van der Waals surface area contributed by atoms with Crippen molar-refractivity contribution in [3.8, 4) is 11.3 Å². The van der Waals surface area contributed by atoms with Crippen LogP contribution in [-0.4, -0.2) is 13.0 Å². The number of hydrogen-bond donors (Lipinski definition) is 1. The summed E-state index contributed by atoms with van der Waals surface area (Å²) in [6.07, 6.45) is 0. The maximum atomic E-state index is 11.3. The van der Waals surface area contributed by atoms with E-state index in [0.29, 0.717) is 5.69 Å². The van der Waals surface area contributed by atoms with Gasteiger partial charge in [-0.05, 0) is 36.8 Å². The molecule has 5 nitrogen and oxygen atoms in total. The van der Waals surface area contributed by atoms with Gasteiger partial charge in [0.1, 0.15) is 0 Å². The third-order valence-corrected chi connectivity index (χ3v) is 5.37. The lowest BCUT2D eigenvalue weighted by Crippen LogP contribution is -2.14. The Morgan fingerprint density at radius 1 is 1.08 bits per heavy atom. The van der Waals surface area contributed by atoms with E-state index in [-0.39, 0.29) is 4.90 Å². The molecule has 0 aliphatic rings. The average molecular weight is 359 g/mol. The lowest BCUT2D eigenvalue weighted by Gasteiger charge is -2.06. The van der Waals surface area contributed by atoms with E-state index in [0.717, 1.165) is 22.6 Å². The van der Waals surface area contributed by atoms with Crippen molar-refractivity contribution < 1.29 is 8.42 Å². The lowest BCUT2D eigenvalue weighted by atomic mass is 10.2. The molecule has 3 rings (SSSR count). The van der Waals surface area contributed by atoms with E-state index >= 15 is 0 Å². The van der Waals surface area contributed by atoms with Gasteiger partial charge in [0.2, 0.25) is 10.0 Å². The van der Waals surface area contributed by atoms with Crippen LogP contribution < -0.4 is 9.94 Å². The van der Waals surface area contributed by atoms with Gasteiger partial charge in [-0.15, -0.1) is 11.3 Å². The van der Waals surface area contributed by atoms with Crippen LogP contribution >= 0.6 is 11.3 Å². The van der Waals surface area contributed by atoms with Gasteiger partial charge < -0.3 is 4.57 Å². The minimum Gasteiger partial charge on any atom is -0.317 e. The van der Waals surface area contributed by atoms with E-state index in [9.17, 15) is 8.42 Å². The third-order valence-electron chi connectivity index (χ3n) is 3.57. The van der Waals surface area contributed by atoms with Crippen LogP contribution in [0, 0.1) is 0 Å². The van der Waals surface area contributed by atoms with E-state index in [1.807, 2.05) is 18.2 Å². The molecule has 1 heterocycles. The van der Waals surface area contributed by atoms with E-state index in [4.69, 9.17) is 5.14 Å². The van der Waals surface area contributed by atoms with E-state index in [1.165, 1.54) is 12.1 Å². The highest BCUT2D eigenvalue weighted by molar-refractivity contribution is 7.89. The summed E-state index contributed by atoms with van der Waals surface area (Å²) in [4.78, 5) is 5.57. The summed E-state index contributed by atoms with van der Waals surface area (Å²) >= 11 is 1.55. The second-order valence-electron chi connectivity index (χ2n) is 5.16. The molecule has 0 unspecified atom stereocenters. The van der Waals surface area contributed by atoms with Crippen molar-refractivity contribution in [1.82, 2.24) is 4.57 Å². The van der Waals surface area contributed by atoms with Crippen LogP contribution in [0.15, 0.2) is 69.9 Å². The zero-order valence-corrected chi connectivity index (χ0v) is 14.7. The molecule has 2 aromatic carbocycles. The molecule has 0 saturated carbocycles. The molecule has 0 saturated heterocycles. The lowest BCUT2D eigenvalue weighted by molar-refractivity contribution is 0.598. The van der Waals surface area contributed by atoms with Crippen molar-refractivity contribution in [1.29, 1.82) is 0 Å². The van der Waals surface area contributed by atoms with Crippen molar-refractivity contribution in [2.24, 2.45) is 10.1 Å². The maximum absolute atomic E-state index is 11.3. The number of nitrogens with zero attached hydrogens (tertiary/aromatic N) is 2. The van der Waals surface area contributed by atoms with Crippen LogP contribution in [0.1, 0.15) is 6.92 Å². The van der Waals surface area contributed by atoms with Crippen molar-refractivity contribution in [3.05, 3.63) is 64.8 Å². The molecule has 0 bridgehead atoms. The van der Waals surface area contributed by atoms with Crippen molar-refractivity contribution >= 4 is 27.0 Å². The van der Waals surface area contributed by atoms with Crippen molar-refractivity contribution in [2.45, 2.75) is 18.4 Å². The molecule has 24 heavy (non-hydrogen) atoms. The first-order chi connectivity index (χ1) is 11.5. The molecule has 0 radical (unpaired) electrons. The minimum absolute atomic E-state index is 0.0842. The van der Waals surface area contributed by atoms with Gasteiger partial charge in [0.15, 0.2) is 4.80 Å². The number of rotatable bonds is 4. The molecule has 2 N–H and O–H groups in total. The summed E-state index contributed by atoms with van der Waals surface area (Å²) in [5, 5.41) is 7.19. The molecule has 0 atom stereocenters. The normalized spacial score (nSPS) is 12.5. The smallest absolute Gasteiger partial charge is 0.238 e. The second-order valence-corrected chi connectivity index (χ2v) is 7.56. The van der Waals surface area contributed by atoms with Gasteiger partial charge in [-0.3, -0.25) is 0 Å². The van der Waals surface area contributed by atoms with Crippen LogP contribution in [0.5, 0.6) is 0 Å². The van der Waals surface area contributed by atoms with Gasteiger partial charge in [0.05, 0.1) is 16.3 Å². The molecular weight excluding hydrogens is 342 g/mol. The van der Waals surface area contributed by atoms with Crippen LogP contribution in [0.4, 0.5) is 5.69 Å². The number of primary sulfonamides is 1. The van der Waals surface area contributed by atoms with Crippen LogP contribution in [-0.2, 0) is 16.6 Å². The minimum atomic E-state index is -3.68. The number of aromatic nitrogens is 1. The summed E-state index contributed by atoms with van der Waals surface area (Å²) in [6.45, 7) is 2.87. The van der Waals surface area contributed by atoms with E-state index in [1.54, 1.807) is 23.5 Å². The standard InChI is InChI=1S/C17H17N3O2S2/c1-2-20-16(13-6-4-3-5-7-13)12-23-17(20)19-14-8-10-15(11-9-14)24(18,21)22/h3-12H,2H2,1H3,(H2,18,21,22). The first-order valence-electron chi connectivity index (χ1n) is 7.40. The van der Waals surface area contributed by atoms with Crippen molar-refractivity contribution in [2.75, 3.05) is 0 Å². The Balaban J connectivity index is 2.04. The van der Waals surface area contributed by atoms with Crippen LogP contribution in [0.3, 0.4) is 0 Å². The number of nitrogens with two attached hydrogens (primary N) is 1. The predicted molar refractivity (Wildman–Crippen MR) is 96.5 cm³/mol. The summed E-state index contributed by atoms with van der Waals surface area (Å²) < 4.78 is 24.7. The quantitative estimate of drug-likeness (QED) is 0.777. The number of benzene rings is 2. The van der Waals surface area contributed by atoms with E-state index in [2.05, 4.69) is 34.0 Å². The number of sulfonamides is 1. The zero-order chi connectivity index (χ0) is 17.2. The molecule has 0 aliphatic heterocycles. The zero-order valence-electron chi connectivity index (χ0n) is 13.1.